The molecule has 3 N–H and O–H groups in total. The molecule has 3 aliphatic heterocycles. The van der Waals surface area contributed by atoms with Gasteiger partial charge in [-0.3, -0.25) is 4.70 Å². The Balaban J connectivity index is 0.000000189. The number of hydrogen-bond donors (Lipinski definition) is 2. The van der Waals surface area contributed by atoms with Crippen LogP contribution in [0.2, 0.25) is 0 Å². The van der Waals surface area contributed by atoms with Crippen LogP contribution in [0.3, 0.4) is 0 Å². The zero-order valence-electron chi connectivity index (χ0n) is 40.3. The third-order valence-electron chi connectivity index (χ3n) is 13.9. The quantitative estimate of drug-likeness (QED) is 0.0788. The van der Waals surface area contributed by atoms with E-state index in [9.17, 15) is 5.11 Å². The molecule has 0 amide bonds. The summed E-state index contributed by atoms with van der Waals surface area (Å²) in [5.41, 5.74) is 10.3. The van der Waals surface area contributed by atoms with Gasteiger partial charge in [-0.2, -0.15) is 0 Å². The van der Waals surface area contributed by atoms with Crippen molar-refractivity contribution in [2.45, 2.75) is 92.9 Å². The summed E-state index contributed by atoms with van der Waals surface area (Å²) < 4.78 is 27.9. The molecule has 2 aliphatic carbocycles. The summed E-state index contributed by atoms with van der Waals surface area (Å²) in [5.74, 6) is 17.0. The Morgan fingerprint density at radius 2 is 1.33 bits per heavy atom. The number of rotatable bonds is 14. The molecule has 4 aromatic heterocycles. The number of imidazole rings is 2. The van der Waals surface area contributed by atoms with Gasteiger partial charge < -0.3 is 48.3 Å². The van der Waals surface area contributed by atoms with Gasteiger partial charge in [-0.05, 0) is 129 Å². The lowest BCUT2D eigenvalue weighted by molar-refractivity contribution is -0.188. The molecular formula is C56H73FIN9O5. The van der Waals surface area contributed by atoms with E-state index in [0.717, 1.165) is 115 Å². The number of ether oxygens (including phenoxy) is 2. The summed E-state index contributed by atoms with van der Waals surface area (Å²) in [5, 5.41) is 18.2. The molecule has 5 fully saturated rings. The minimum atomic E-state index is -0.630. The van der Waals surface area contributed by atoms with Gasteiger partial charge in [-0.15, -0.1) is 12.3 Å². The predicted molar refractivity (Wildman–Crippen MR) is 288 cm³/mol. The smallest absolute Gasteiger partial charge is 0.167 e. The number of benzene rings is 2. The standard InChI is InChI=1S/C24H27N5O2.C20H22IN3O3.C10H15N.2CH4.FH/c1-16(30)24-26-9-11-29(24)13-19-12-23(31-27-19)18-5-2-17(3-6-18)4-7-20-21-14-28(10-8-25)15-22(20)21;1-14(26-19-4-2-3-11-25-19)20-22-9-10-24(20)13-17-12-18(27-23-17)15-5-7-16(21)8-6-15;1-3-5-11-6-9-8(4-2)10(9)7-11;;;/h2-3,5-6,9,11-12,16,20-22,30H,8,10,13-15,25H2,1H3;5-10,12,14,19H,2-4,11,13H2,1H3;2,8-10H,3,5-7H2,1H3;2*1H4;1H/t16-,20?,21-,22+;14-,19?;8?,9-,10+;;;/m00..../s1. The van der Waals surface area contributed by atoms with Crippen molar-refractivity contribution >= 4 is 22.6 Å². The predicted octanol–water partition coefficient (Wildman–Crippen LogP) is 9.56. The van der Waals surface area contributed by atoms with Crippen LogP contribution in [0.25, 0.3) is 22.6 Å². The molecule has 7 heterocycles. The largest absolute Gasteiger partial charge is 0.385 e. The molecule has 0 bridgehead atoms. The summed E-state index contributed by atoms with van der Waals surface area (Å²) >= 11 is 2.29. The Morgan fingerprint density at radius 1 is 0.792 bits per heavy atom. The summed E-state index contributed by atoms with van der Waals surface area (Å²) in [6, 6.07) is 20.2. The highest BCUT2D eigenvalue weighted by Crippen LogP contribution is 2.52. The number of likely N-dealkylation sites (tertiary alicyclic amines) is 2. The van der Waals surface area contributed by atoms with E-state index in [2.05, 4.69) is 89.5 Å². The molecule has 14 nitrogen and oxygen atoms in total. The van der Waals surface area contributed by atoms with Gasteiger partial charge in [0.25, 0.3) is 0 Å². The first-order chi connectivity index (χ1) is 33.7. The van der Waals surface area contributed by atoms with E-state index in [0.29, 0.717) is 36.5 Å². The molecule has 6 aromatic rings. The van der Waals surface area contributed by atoms with Crippen LogP contribution in [0.5, 0.6) is 0 Å². The maximum absolute atomic E-state index is 9.80. The summed E-state index contributed by atoms with van der Waals surface area (Å²) in [6.07, 6.45) is 16.2. The third-order valence-corrected chi connectivity index (χ3v) is 14.6. The van der Waals surface area contributed by atoms with Gasteiger partial charge in [-0.25, -0.2) is 9.97 Å². The fourth-order valence-corrected chi connectivity index (χ4v) is 10.5. The molecule has 5 aliphatic rings. The normalized spacial score (nSPS) is 23.3. The van der Waals surface area contributed by atoms with Crippen molar-refractivity contribution in [2.75, 3.05) is 52.4 Å². The molecule has 9 atom stereocenters. The first-order valence-electron chi connectivity index (χ1n) is 24.5. The van der Waals surface area contributed by atoms with Gasteiger partial charge in [0.05, 0.1) is 13.1 Å². The minimum absolute atomic E-state index is 0. The lowest BCUT2D eigenvalue weighted by Gasteiger charge is -2.26. The highest BCUT2D eigenvalue weighted by molar-refractivity contribution is 14.1. The lowest BCUT2D eigenvalue weighted by atomic mass is 10.1. The van der Waals surface area contributed by atoms with Crippen molar-refractivity contribution in [1.82, 2.24) is 39.2 Å². The second-order valence-corrected chi connectivity index (χ2v) is 20.2. The Labute approximate surface area is 438 Å². The number of nitrogens with zero attached hydrogens (tertiary/aromatic N) is 8. The number of fused-ring (bicyclic) bond motifs is 2. The zero-order valence-corrected chi connectivity index (χ0v) is 42.4. The number of halogens is 2. The molecule has 2 aromatic carbocycles. The van der Waals surface area contributed by atoms with Crippen molar-refractivity contribution in [1.29, 1.82) is 0 Å². The number of aromatic nitrogens is 6. The number of aliphatic hydroxyl groups excluding tert-OH is 1. The third kappa shape index (κ3) is 13.9. The van der Waals surface area contributed by atoms with Crippen LogP contribution in [0.15, 0.2) is 94.5 Å². The zero-order chi connectivity index (χ0) is 47.9. The average molecular weight is 1100 g/mol. The van der Waals surface area contributed by atoms with Crippen LogP contribution in [0.1, 0.15) is 102 Å². The van der Waals surface area contributed by atoms with Crippen molar-refractivity contribution in [3.05, 3.63) is 118 Å². The van der Waals surface area contributed by atoms with Gasteiger partial charge in [-0.1, -0.05) is 56.1 Å². The van der Waals surface area contributed by atoms with Crippen LogP contribution < -0.4 is 5.73 Å². The first-order valence-corrected chi connectivity index (χ1v) is 25.6. The maximum atomic E-state index is 9.80. The van der Waals surface area contributed by atoms with Gasteiger partial charge >= 0.3 is 0 Å². The molecule has 72 heavy (non-hydrogen) atoms. The second-order valence-electron chi connectivity index (χ2n) is 19.0. The fraction of sp³-hybridized carbons (Fsp3) is 0.500. The summed E-state index contributed by atoms with van der Waals surface area (Å²) in [6.45, 7) is 15.6. The molecule has 0 spiro atoms. The number of terminal acetylenes is 1. The molecule has 16 heteroatoms. The van der Waals surface area contributed by atoms with E-state index in [-0.39, 0.29) is 32.0 Å². The van der Waals surface area contributed by atoms with Gasteiger partial charge in [0.2, 0.25) is 0 Å². The Morgan fingerprint density at radius 3 is 1.86 bits per heavy atom. The first kappa shape index (κ1) is 56.1. The molecule has 386 valence electrons. The van der Waals surface area contributed by atoms with Crippen LogP contribution in [-0.2, 0) is 22.6 Å². The molecule has 11 rings (SSSR count). The molecule has 3 saturated heterocycles. The van der Waals surface area contributed by atoms with Crippen LogP contribution in [-0.4, -0.2) is 103 Å². The monoisotopic (exact) mass is 1100 g/mol. The van der Waals surface area contributed by atoms with Gasteiger partial charge in [0, 0.05) is 115 Å². The van der Waals surface area contributed by atoms with E-state index >= 15 is 0 Å². The van der Waals surface area contributed by atoms with Crippen molar-refractivity contribution in [3.8, 4) is 46.8 Å². The number of aliphatic hydroxyl groups is 1. The number of hydrogen-bond acceptors (Lipinski definition) is 12. The van der Waals surface area contributed by atoms with Crippen molar-refractivity contribution in [3.63, 3.8) is 0 Å². The number of nitrogens with two attached hydrogens (primary N) is 1. The Hall–Kier alpha value is -5.18. The average Bonchev–Trinajstić information content (AvgIpc) is 3.99. The van der Waals surface area contributed by atoms with E-state index in [1.165, 1.54) is 29.6 Å². The van der Waals surface area contributed by atoms with Crippen molar-refractivity contribution in [2.24, 2.45) is 41.2 Å². The van der Waals surface area contributed by atoms with E-state index in [4.69, 9.17) is 30.7 Å². The Bertz CT molecular complexity index is 2670. The van der Waals surface area contributed by atoms with Gasteiger partial charge in [0.1, 0.15) is 35.2 Å². The van der Waals surface area contributed by atoms with Crippen LogP contribution in [0.4, 0.5) is 4.70 Å². The van der Waals surface area contributed by atoms with Crippen LogP contribution in [0, 0.1) is 63.3 Å². The minimum Gasteiger partial charge on any atom is -0.385 e. The molecule has 0 radical (unpaired) electrons. The summed E-state index contributed by atoms with van der Waals surface area (Å²) in [4.78, 5) is 13.7. The highest BCUT2D eigenvalue weighted by Gasteiger charge is 2.55. The van der Waals surface area contributed by atoms with Crippen LogP contribution >= 0.6 is 22.6 Å². The van der Waals surface area contributed by atoms with E-state index in [1.807, 2.05) is 77.0 Å². The molecule has 3 unspecified atom stereocenters. The maximum Gasteiger partial charge on any atom is 0.167 e. The highest BCUT2D eigenvalue weighted by atomic mass is 127. The lowest BCUT2D eigenvalue weighted by Crippen LogP contribution is -2.29. The topological polar surface area (TPSA) is 159 Å². The summed E-state index contributed by atoms with van der Waals surface area (Å²) in [7, 11) is 0. The molecular weight excluding hydrogens is 1020 g/mol. The molecule has 2 saturated carbocycles. The second kappa shape index (κ2) is 26.2. The SMILES string of the molecule is C.C.C#CC1[C@H]2CN(CCC)C[C@@H]12.C[C@H](O)c1nccn1Cc1cc(-c2ccc(C#CC3[C@H]4CN(CCN)C[C@@H]34)cc2)on1.C[C@H](OC1CCCCO1)c1nccn1Cc1cc(-c2ccc(I)cc2)on1.F. The van der Waals surface area contributed by atoms with E-state index < -0.39 is 6.10 Å². The van der Waals surface area contributed by atoms with Crippen molar-refractivity contribution < 1.29 is 28.3 Å². The number of piperidine rings is 2. The van der Waals surface area contributed by atoms with Gasteiger partial charge in [0.15, 0.2) is 17.8 Å². The fourth-order valence-electron chi connectivity index (χ4n) is 10.2. The van der Waals surface area contributed by atoms with E-state index in [1.54, 1.807) is 19.3 Å². The Kier molecular flexibility index (Phi) is 20.4.